The molecule has 2 rings (SSSR count). The van der Waals surface area contributed by atoms with Gasteiger partial charge in [0.05, 0.1) is 18.7 Å². The fourth-order valence-corrected chi connectivity index (χ4v) is 2.81. The molecular formula is C17H27FN4O. The van der Waals surface area contributed by atoms with Gasteiger partial charge in [0.15, 0.2) is 5.96 Å². The molecule has 1 heterocycles. The number of benzene rings is 1. The quantitative estimate of drug-likeness (QED) is 0.637. The summed E-state index contributed by atoms with van der Waals surface area (Å²) >= 11 is 0. The van der Waals surface area contributed by atoms with Gasteiger partial charge in [0.25, 0.3) is 0 Å². The van der Waals surface area contributed by atoms with E-state index < -0.39 is 0 Å². The number of β-amino-alcohol motifs (C(OH)–C–C–N with tert-alkyl or cyclic N) is 1. The average molecular weight is 322 g/mol. The van der Waals surface area contributed by atoms with Crippen LogP contribution < -0.4 is 5.32 Å². The maximum absolute atomic E-state index is 13.5. The van der Waals surface area contributed by atoms with Crippen LogP contribution in [0.2, 0.25) is 0 Å². The lowest BCUT2D eigenvalue weighted by Crippen LogP contribution is -2.41. The Bertz CT molecular complexity index is 535. The van der Waals surface area contributed by atoms with E-state index in [4.69, 9.17) is 4.99 Å². The Kier molecular flexibility index (Phi) is 6.36. The van der Waals surface area contributed by atoms with E-state index in [-0.39, 0.29) is 18.0 Å². The molecule has 5 nitrogen and oxygen atoms in total. The maximum Gasteiger partial charge on any atom is 0.194 e. The van der Waals surface area contributed by atoms with Crippen molar-refractivity contribution in [2.24, 2.45) is 4.99 Å². The zero-order chi connectivity index (χ0) is 16.8. The number of aliphatic hydroxyl groups is 1. The number of rotatable bonds is 5. The summed E-state index contributed by atoms with van der Waals surface area (Å²) in [6.07, 6.45) is 0.484. The number of likely N-dealkylation sites (N-methyl/N-ethyl adjacent to an activating group) is 1. The molecule has 6 heteroatoms. The number of aliphatic hydroxyl groups excluding tert-OH is 1. The van der Waals surface area contributed by atoms with E-state index in [0.29, 0.717) is 13.1 Å². The largest absolute Gasteiger partial charge is 0.391 e. The van der Waals surface area contributed by atoms with Gasteiger partial charge in [-0.25, -0.2) is 4.39 Å². The second-order valence-electron chi connectivity index (χ2n) is 6.12. The van der Waals surface area contributed by atoms with Crippen molar-refractivity contribution in [2.75, 3.05) is 40.3 Å². The fraction of sp³-hybridized carbons (Fsp3) is 0.588. The van der Waals surface area contributed by atoms with E-state index in [0.717, 1.165) is 31.0 Å². The third kappa shape index (κ3) is 4.91. The summed E-state index contributed by atoms with van der Waals surface area (Å²) in [5.41, 5.74) is 0.913. The molecule has 1 aromatic carbocycles. The minimum Gasteiger partial charge on any atom is -0.391 e. The fourth-order valence-electron chi connectivity index (χ4n) is 2.81. The molecule has 1 unspecified atom stereocenters. The number of halogens is 1. The summed E-state index contributed by atoms with van der Waals surface area (Å²) in [5, 5.41) is 13.0. The van der Waals surface area contributed by atoms with E-state index in [1.54, 1.807) is 12.1 Å². The van der Waals surface area contributed by atoms with Gasteiger partial charge < -0.3 is 20.2 Å². The van der Waals surface area contributed by atoms with Gasteiger partial charge in [-0.1, -0.05) is 12.1 Å². The predicted octanol–water partition coefficient (Wildman–Crippen LogP) is 1.46. The van der Waals surface area contributed by atoms with Gasteiger partial charge in [0.2, 0.25) is 0 Å². The van der Waals surface area contributed by atoms with Gasteiger partial charge in [-0.3, -0.25) is 4.99 Å². The Balaban J connectivity index is 2.14. The molecular weight excluding hydrogens is 295 g/mol. The van der Waals surface area contributed by atoms with E-state index in [1.807, 2.05) is 32.0 Å². The number of hydrogen-bond donors (Lipinski definition) is 2. The molecule has 23 heavy (non-hydrogen) atoms. The van der Waals surface area contributed by atoms with Crippen LogP contribution in [0.5, 0.6) is 0 Å². The van der Waals surface area contributed by atoms with Crippen molar-refractivity contribution in [1.29, 1.82) is 0 Å². The molecule has 0 spiro atoms. The molecule has 0 saturated carbocycles. The summed E-state index contributed by atoms with van der Waals surface area (Å²) < 4.78 is 13.5. The standard InChI is InChI=1S/C17H27FN4O/c1-4-19-17(22-9-8-15(23)12-22)20-11-16(21(2)3)13-6-5-7-14(18)10-13/h5-7,10,15-16,23H,4,8-9,11-12H2,1-3H3,(H,19,20)/t15-,16?/m1/s1. The van der Waals surface area contributed by atoms with Crippen molar-refractivity contribution >= 4 is 5.96 Å². The van der Waals surface area contributed by atoms with Crippen LogP contribution in [-0.4, -0.2) is 67.2 Å². The average Bonchev–Trinajstić information content (AvgIpc) is 2.92. The number of nitrogens with one attached hydrogen (secondary N) is 1. The van der Waals surface area contributed by atoms with Gasteiger partial charge >= 0.3 is 0 Å². The Labute approximate surface area is 137 Å². The van der Waals surface area contributed by atoms with Crippen LogP contribution in [0.3, 0.4) is 0 Å². The van der Waals surface area contributed by atoms with Crippen LogP contribution >= 0.6 is 0 Å². The molecule has 0 amide bonds. The maximum atomic E-state index is 13.5. The molecule has 1 aliphatic heterocycles. The molecule has 128 valence electrons. The van der Waals surface area contributed by atoms with Crippen molar-refractivity contribution in [1.82, 2.24) is 15.1 Å². The Morgan fingerprint density at radius 1 is 1.52 bits per heavy atom. The highest BCUT2D eigenvalue weighted by Crippen LogP contribution is 2.20. The zero-order valence-electron chi connectivity index (χ0n) is 14.2. The lowest BCUT2D eigenvalue weighted by Gasteiger charge is -2.25. The monoisotopic (exact) mass is 322 g/mol. The third-order valence-corrected chi connectivity index (χ3v) is 4.07. The first-order valence-electron chi connectivity index (χ1n) is 8.14. The van der Waals surface area contributed by atoms with Gasteiger partial charge in [-0.15, -0.1) is 0 Å². The summed E-state index contributed by atoms with van der Waals surface area (Å²) in [7, 11) is 3.94. The molecule has 1 aromatic rings. The number of guanidine groups is 1. The zero-order valence-corrected chi connectivity index (χ0v) is 14.2. The van der Waals surface area contributed by atoms with Crippen molar-refractivity contribution in [3.8, 4) is 0 Å². The lowest BCUT2D eigenvalue weighted by atomic mass is 10.1. The highest BCUT2D eigenvalue weighted by molar-refractivity contribution is 5.80. The normalized spacial score (nSPS) is 20.2. The summed E-state index contributed by atoms with van der Waals surface area (Å²) in [6, 6.07) is 6.68. The SMILES string of the molecule is CCNC(=NCC(c1cccc(F)c1)N(C)C)N1CC[C@@H](O)C1. The first-order valence-corrected chi connectivity index (χ1v) is 8.14. The Morgan fingerprint density at radius 2 is 2.30 bits per heavy atom. The number of hydrogen-bond acceptors (Lipinski definition) is 3. The van der Waals surface area contributed by atoms with Crippen molar-refractivity contribution in [3.63, 3.8) is 0 Å². The van der Waals surface area contributed by atoms with E-state index in [9.17, 15) is 9.50 Å². The third-order valence-electron chi connectivity index (χ3n) is 4.07. The molecule has 1 fully saturated rings. The van der Waals surface area contributed by atoms with Gasteiger partial charge in [-0.05, 0) is 45.1 Å². The minimum absolute atomic E-state index is 0.00637. The molecule has 1 aliphatic rings. The highest BCUT2D eigenvalue weighted by atomic mass is 19.1. The second kappa shape index (κ2) is 8.26. The predicted molar refractivity (Wildman–Crippen MR) is 91.0 cm³/mol. The smallest absolute Gasteiger partial charge is 0.194 e. The number of likely N-dealkylation sites (tertiary alicyclic amines) is 1. The molecule has 0 aromatic heterocycles. The van der Waals surface area contributed by atoms with Crippen LogP contribution in [-0.2, 0) is 0 Å². The van der Waals surface area contributed by atoms with E-state index in [2.05, 4.69) is 10.2 Å². The van der Waals surface area contributed by atoms with E-state index in [1.165, 1.54) is 6.07 Å². The Morgan fingerprint density at radius 3 is 2.87 bits per heavy atom. The van der Waals surface area contributed by atoms with Gasteiger partial charge in [-0.2, -0.15) is 0 Å². The summed E-state index contributed by atoms with van der Waals surface area (Å²) in [6.45, 7) is 4.75. The van der Waals surface area contributed by atoms with Crippen molar-refractivity contribution in [3.05, 3.63) is 35.6 Å². The number of nitrogens with zero attached hydrogens (tertiary/aromatic N) is 3. The summed E-state index contributed by atoms with van der Waals surface area (Å²) in [5.74, 6) is 0.584. The molecule has 1 saturated heterocycles. The lowest BCUT2D eigenvalue weighted by molar-refractivity contribution is 0.187. The minimum atomic E-state index is -0.285. The van der Waals surface area contributed by atoms with Gasteiger partial charge in [0, 0.05) is 19.6 Å². The second-order valence-corrected chi connectivity index (χ2v) is 6.12. The van der Waals surface area contributed by atoms with Crippen LogP contribution in [0.4, 0.5) is 4.39 Å². The molecule has 0 bridgehead atoms. The van der Waals surface area contributed by atoms with E-state index >= 15 is 0 Å². The van der Waals surface area contributed by atoms with Crippen LogP contribution in [0.1, 0.15) is 24.9 Å². The van der Waals surface area contributed by atoms with Crippen LogP contribution in [0.25, 0.3) is 0 Å². The number of aliphatic imine (C=N–C) groups is 1. The highest BCUT2D eigenvalue weighted by Gasteiger charge is 2.23. The van der Waals surface area contributed by atoms with Gasteiger partial charge in [0.1, 0.15) is 5.82 Å². The van der Waals surface area contributed by atoms with Crippen LogP contribution in [0.15, 0.2) is 29.3 Å². The topological polar surface area (TPSA) is 51.1 Å². The molecule has 2 N–H and O–H groups in total. The first kappa shape index (κ1) is 17.7. The van der Waals surface area contributed by atoms with Crippen molar-refractivity contribution in [2.45, 2.75) is 25.5 Å². The molecule has 2 atom stereocenters. The molecule has 0 radical (unpaired) electrons. The van der Waals surface area contributed by atoms with Crippen molar-refractivity contribution < 1.29 is 9.50 Å². The Hall–Kier alpha value is -1.66. The first-order chi connectivity index (χ1) is 11.0. The molecule has 0 aliphatic carbocycles. The van der Waals surface area contributed by atoms with Crippen LogP contribution in [0, 0.1) is 5.82 Å². The summed E-state index contributed by atoms with van der Waals surface area (Å²) in [4.78, 5) is 8.83.